The average Bonchev–Trinajstić information content (AvgIpc) is 3.19. The maximum atomic E-state index is 12.3. The van der Waals surface area contributed by atoms with Gasteiger partial charge in [-0.15, -0.1) is 0 Å². The van der Waals surface area contributed by atoms with Crippen LogP contribution in [-0.2, 0) is 30.4 Å². The number of rotatable bonds is 13. The summed E-state index contributed by atoms with van der Waals surface area (Å²) in [6, 6.07) is -3.58. The van der Waals surface area contributed by atoms with Crippen LogP contribution in [0, 0.1) is 0 Å². The summed E-state index contributed by atoms with van der Waals surface area (Å²) in [6.07, 6.45) is 2.37. The van der Waals surface area contributed by atoms with Crippen LogP contribution in [0.5, 0.6) is 0 Å². The lowest BCUT2D eigenvalue weighted by molar-refractivity contribution is -0.142. The number of carbonyl (C=O) groups is 5. The Morgan fingerprint density at radius 3 is 2.37 bits per heavy atom. The van der Waals surface area contributed by atoms with Crippen LogP contribution in [0.2, 0.25) is 0 Å². The highest BCUT2D eigenvalue weighted by atomic mass is 32.1. The molecule has 1 rings (SSSR count). The standard InChI is InChI=1S/C16H24N6O7S/c17-9(3-8-4-18-7-20-8)14(26)19-5-12(23)21-10(1-2-13(24)25)15(27)22-11(6-30)16(28)29/h4,7,9-11,30H,1-3,5-6,17H2,(H,18,20)(H,19,26)(H,21,23)(H,22,27)(H,24,25)(H,28,29). The molecule has 0 bridgehead atoms. The molecular formula is C16H24N6O7S. The van der Waals surface area contributed by atoms with E-state index in [0.29, 0.717) is 5.69 Å². The molecule has 13 nitrogen and oxygen atoms in total. The van der Waals surface area contributed by atoms with Crippen molar-refractivity contribution in [2.45, 2.75) is 37.4 Å². The van der Waals surface area contributed by atoms with Crippen molar-refractivity contribution in [3.05, 3.63) is 18.2 Å². The Morgan fingerprint density at radius 1 is 1.13 bits per heavy atom. The van der Waals surface area contributed by atoms with Gasteiger partial charge in [0.2, 0.25) is 17.7 Å². The summed E-state index contributed by atoms with van der Waals surface area (Å²) in [5.74, 6) is -5.02. The topological polar surface area (TPSA) is 217 Å². The number of carbonyl (C=O) groups excluding carboxylic acids is 3. The zero-order valence-electron chi connectivity index (χ0n) is 15.8. The second kappa shape index (κ2) is 12.4. The van der Waals surface area contributed by atoms with Crippen LogP contribution in [0.4, 0.5) is 0 Å². The Balaban J connectivity index is 2.60. The van der Waals surface area contributed by atoms with Gasteiger partial charge in [-0.1, -0.05) is 0 Å². The second-order valence-electron chi connectivity index (χ2n) is 6.24. The third kappa shape index (κ3) is 8.91. The molecule has 166 valence electrons. The van der Waals surface area contributed by atoms with Crippen molar-refractivity contribution < 1.29 is 34.2 Å². The smallest absolute Gasteiger partial charge is 0.327 e. The average molecular weight is 444 g/mol. The van der Waals surface area contributed by atoms with E-state index in [-0.39, 0.29) is 18.6 Å². The summed E-state index contributed by atoms with van der Waals surface area (Å²) in [5.41, 5.74) is 6.37. The summed E-state index contributed by atoms with van der Waals surface area (Å²) < 4.78 is 0. The highest BCUT2D eigenvalue weighted by molar-refractivity contribution is 7.80. The maximum absolute atomic E-state index is 12.3. The SMILES string of the molecule is NC(Cc1cnc[nH]1)C(=O)NCC(=O)NC(CCC(=O)O)C(=O)NC(CS)C(=O)O. The Hall–Kier alpha value is -3.13. The number of nitrogens with two attached hydrogens (primary N) is 1. The molecule has 8 N–H and O–H groups in total. The van der Waals surface area contributed by atoms with Crippen LogP contribution in [0.3, 0.4) is 0 Å². The van der Waals surface area contributed by atoms with Crippen LogP contribution >= 0.6 is 12.6 Å². The van der Waals surface area contributed by atoms with Crippen LogP contribution in [-0.4, -0.2) is 80.3 Å². The van der Waals surface area contributed by atoms with Gasteiger partial charge >= 0.3 is 11.9 Å². The molecule has 3 amide bonds. The van der Waals surface area contributed by atoms with E-state index >= 15 is 0 Å². The fourth-order valence-electron chi connectivity index (χ4n) is 2.26. The lowest BCUT2D eigenvalue weighted by Gasteiger charge is -2.20. The Kier molecular flexibility index (Phi) is 10.3. The van der Waals surface area contributed by atoms with E-state index in [9.17, 15) is 24.0 Å². The van der Waals surface area contributed by atoms with Gasteiger partial charge in [0.25, 0.3) is 0 Å². The van der Waals surface area contributed by atoms with Gasteiger partial charge in [0, 0.05) is 30.5 Å². The quantitative estimate of drug-likeness (QED) is 0.148. The number of aromatic amines is 1. The van der Waals surface area contributed by atoms with E-state index in [1.165, 1.54) is 12.5 Å². The van der Waals surface area contributed by atoms with Gasteiger partial charge in [-0.3, -0.25) is 19.2 Å². The summed E-state index contributed by atoms with van der Waals surface area (Å²) in [4.78, 5) is 64.7. The molecule has 3 unspecified atom stereocenters. The second-order valence-corrected chi connectivity index (χ2v) is 6.60. The molecule has 0 aliphatic carbocycles. The lowest BCUT2D eigenvalue weighted by Crippen LogP contribution is -2.54. The molecular weight excluding hydrogens is 420 g/mol. The molecule has 0 aliphatic rings. The molecule has 1 aromatic heterocycles. The first kappa shape index (κ1) is 24.9. The van der Waals surface area contributed by atoms with Crippen molar-refractivity contribution in [1.82, 2.24) is 25.9 Å². The number of hydrogen-bond acceptors (Lipinski definition) is 8. The minimum atomic E-state index is -1.33. The predicted molar refractivity (Wildman–Crippen MR) is 105 cm³/mol. The number of thiol groups is 1. The molecule has 3 atom stereocenters. The van der Waals surface area contributed by atoms with Crippen LogP contribution in [0.15, 0.2) is 12.5 Å². The molecule has 0 fully saturated rings. The molecule has 1 aromatic rings. The van der Waals surface area contributed by atoms with E-state index in [1.807, 2.05) is 0 Å². The number of imidazole rings is 1. The number of H-pyrrole nitrogens is 1. The monoisotopic (exact) mass is 444 g/mol. The molecule has 0 saturated carbocycles. The third-order valence-corrected chi connectivity index (χ3v) is 4.22. The van der Waals surface area contributed by atoms with Gasteiger partial charge < -0.3 is 36.9 Å². The molecule has 0 saturated heterocycles. The van der Waals surface area contributed by atoms with Crippen LogP contribution in [0.25, 0.3) is 0 Å². The molecule has 1 heterocycles. The highest BCUT2D eigenvalue weighted by Crippen LogP contribution is 2.01. The molecule has 0 spiro atoms. The summed E-state index contributed by atoms with van der Waals surface area (Å²) in [7, 11) is 0. The van der Waals surface area contributed by atoms with Crippen molar-refractivity contribution in [3.63, 3.8) is 0 Å². The fraction of sp³-hybridized carbons (Fsp3) is 0.500. The van der Waals surface area contributed by atoms with Gasteiger partial charge in [-0.2, -0.15) is 12.6 Å². The van der Waals surface area contributed by atoms with Crippen molar-refractivity contribution in [2.75, 3.05) is 12.3 Å². The minimum Gasteiger partial charge on any atom is -0.481 e. The fourth-order valence-corrected chi connectivity index (χ4v) is 2.51. The summed E-state index contributed by atoms with van der Waals surface area (Å²) in [6.45, 7) is -0.513. The van der Waals surface area contributed by atoms with E-state index in [0.717, 1.165) is 0 Å². The van der Waals surface area contributed by atoms with E-state index in [2.05, 4.69) is 38.5 Å². The van der Waals surface area contributed by atoms with Gasteiger partial charge in [0.1, 0.15) is 12.1 Å². The third-order valence-electron chi connectivity index (χ3n) is 3.85. The van der Waals surface area contributed by atoms with Crippen molar-refractivity contribution >= 4 is 42.3 Å². The highest BCUT2D eigenvalue weighted by Gasteiger charge is 2.26. The molecule has 0 aromatic carbocycles. The molecule has 30 heavy (non-hydrogen) atoms. The van der Waals surface area contributed by atoms with Gasteiger partial charge in [-0.05, 0) is 6.42 Å². The number of aliphatic carboxylic acids is 2. The van der Waals surface area contributed by atoms with Crippen LogP contribution < -0.4 is 21.7 Å². The normalized spacial score (nSPS) is 13.5. The van der Waals surface area contributed by atoms with Gasteiger partial charge in [0.15, 0.2) is 0 Å². The number of aromatic nitrogens is 2. The number of carboxylic acid groups (broad SMARTS) is 2. The number of amides is 3. The van der Waals surface area contributed by atoms with Gasteiger partial charge in [0.05, 0.1) is 18.9 Å². The zero-order chi connectivity index (χ0) is 22.7. The number of nitrogens with zero attached hydrogens (tertiary/aromatic N) is 1. The number of carboxylic acids is 2. The largest absolute Gasteiger partial charge is 0.481 e. The summed E-state index contributed by atoms with van der Waals surface area (Å²) >= 11 is 3.82. The molecule has 0 aliphatic heterocycles. The van der Waals surface area contributed by atoms with Crippen molar-refractivity contribution in [2.24, 2.45) is 5.73 Å². The van der Waals surface area contributed by atoms with Crippen molar-refractivity contribution in [1.29, 1.82) is 0 Å². The predicted octanol–water partition coefficient (Wildman–Crippen LogP) is -2.76. The number of nitrogens with one attached hydrogen (secondary N) is 4. The Bertz CT molecular complexity index is 757. The van der Waals surface area contributed by atoms with Gasteiger partial charge in [-0.25, -0.2) is 9.78 Å². The van der Waals surface area contributed by atoms with Crippen molar-refractivity contribution in [3.8, 4) is 0 Å². The molecule has 14 heteroatoms. The van der Waals surface area contributed by atoms with E-state index in [1.54, 1.807) is 0 Å². The first-order chi connectivity index (χ1) is 14.1. The maximum Gasteiger partial charge on any atom is 0.327 e. The lowest BCUT2D eigenvalue weighted by atomic mass is 10.1. The Morgan fingerprint density at radius 2 is 1.83 bits per heavy atom. The number of hydrogen-bond donors (Lipinski definition) is 8. The zero-order valence-corrected chi connectivity index (χ0v) is 16.7. The first-order valence-corrected chi connectivity index (χ1v) is 9.43. The first-order valence-electron chi connectivity index (χ1n) is 8.79. The van der Waals surface area contributed by atoms with Crippen LogP contribution in [0.1, 0.15) is 18.5 Å². The molecule has 0 radical (unpaired) electrons. The minimum absolute atomic E-state index is 0.164. The summed E-state index contributed by atoms with van der Waals surface area (Å²) in [5, 5.41) is 24.5. The van der Waals surface area contributed by atoms with E-state index in [4.69, 9.17) is 15.9 Å². The Labute approximate surface area is 176 Å². The van der Waals surface area contributed by atoms with E-state index < -0.39 is 60.8 Å².